The molecule has 7 heteroatoms. The van der Waals surface area contributed by atoms with Crippen LogP contribution in [0.3, 0.4) is 0 Å². The first kappa shape index (κ1) is 23.9. The maximum absolute atomic E-state index is 14.1. The Morgan fingerprint density at radius 1 is 1.06 bits per heavy atom. The SMILES string of the molecule is CC(=O)c1ccc2c(c1)C(=C[N+](C(=O)OC(C)(C)C)(c1ccccc1)C1CCNCC1)C(=O)N2. The van der Waals surface area contributed by atoms with Crippen molar-refractivity contribution in [3.05, 3.63) is 65.9 Å². The van der Waals surface area contributed by atoms with E-state index in [0.29, 0.717) is 22.4 Å². The molecule has 178 valence electrons. The number of hydrogen-bond acceptors (Lipinski definition) is 5. The second-order valence-corrected chi connectivity index (χ2v) is 9.89. The summed E-state index contributed by atoms with van der Waals surface area (Å²) in [5, 5.41) is 6.25. The minimum atomic E-state index is -0.710. The zero-order valence-electron chi connectivity index (χ0n) is 20.2. The van der Waals surface area contributed by atoms with Crippen LogP contribution in [0, 0.1) is 0 Å². The average molecular weight is 463 g/mol. The van der Waals surface area contributed by atoms with Crippen molar-refractivity contribution in [1.29, 1.82) is 0 Å². The molecule has 1 unspecified atom stereocenters. The van der Waals surface area contributed by atoms with Crippen molar-refractivity contribution in [2.45, 2.75) is 52.2 Å². The minimum Gasteiger partial charge on any atom is -0.414 e. The molecule has 0 saturated carbocycles. The van der Waals surface area contributed by atoms with Crippen molar-refractivity contribution < 1.29 is 19.1 Å². The number of amides is 2. The summed E-state index contributed by atoms with van der Waals surface area (Å²) in [7, 11) is 0. The van der Waals surface area contributed by atoms with Crippen LogP contribution in [0.25, 0.3) is 5.57 Å². The third-order valence-corrected chi connectivity index (χ3v) is 6.31. The van der Waals surface area contributed by atoms with Crippen molar-refractivity contribution in [3.63, 3.8) is 0 Å². The molecule has 1 saturated heterocycles. The van der Waals surface area contributed by atoms with Crippen LogP contribution in [0.15, 0.2) is 54.7 Å². The fourth-order valence-electron chi connectivity index (χ4n) is 4.66. The van der Waals surface area contributed by atoms with Gasteiger partial charge in [0.2, 0.25) is 0 Å². The molecule has 2 amide bonds. The molecule has 0 aliphatic carbocycles. The number of nitrogens with zero attached hydrogens (tertiary/aromatic N) is 1. The molecule has 7 nitrogen and oxygen atoms in total. The van der Waals surface area contributed by atoms with E-state index < -0.39 is 11.7 Å². The molecular formula is C27H32N3O4+. The molecule has 0 bridgehead atoms. The number of piperidine rings is 1. The number of carbonyl (C=O) groups excluding carboxylic acids is 3. The van der Waals surface area contributed by atoms with E-state index in [1.54, 1.807) is 24.4 Å². The number of benzene rings is 2. The minimum absolute atomic E-state index is 0.0872. The van der Waals surface area contributed by atoms with Crippen molar-refractivity contribution in [2.75, 3.05) is 18.4 Å². The Labute approximate surface area is 200 Å². The van der Waals surface area contributed by atoms with E-state index in [9.17, 15) is 14.4 Å². The molecule has 2 N–H and O–H groups in total. The van der Waals surface area contributed by atoms with E-state index in [2.05, 4.69) is 10.6 Å². The molecule has 0 aromatic heterocycles. The predicted octanol–water partition coefficient (Wildman–Crippen LogP) is 4.88. The van der Waals surface area contributed by atoms with Crippen LogP contribution in [0.2, 0.25) is 0 Å². The molecule has 2 aliphatic rings. The second kappa shape index (κ2) is 9.16. The topological polar surface area (TPSA) is 84.5 Å². The molecule has 2 aromatic carbocycles. The van der Waals surface area contributed by atoms with E-state index in [1.165, 1.54) is 6.92 Å². The standard InChI is InChI=1S/C27H31N3O4/c1-18(31)19-10-11-24-22(16-19)23(25(32)29-24)17-30(20-8-6-5-7-9-20,21-12-14-28-15-13-21)26(33)34-27(2,3)4/h5-11,16-17,21,28H,12-15H2,1-4H3/p+1. The summed E-state index contributed by atoms with van der Waals surface area (Å²) in [5.74, 6) is -0.387. The highest BCUT2D eigenvalue weighted by molar-refractivity contribution is 6.32. The van der Waals surface area contributed by atoms with Crippen LogP contribution < -0.4 is 15.1 Å². The van der Waals surface area contributed by atoms with Gasteiger partial charge >= 0.3 is 6.09 Å². The highest BCUT2D eigenvalue weighted by atomic mass is 16.6. The average Bonchev–Trinajstić information content (AvgIpc) is 3.11. The maximum atomic E-state index is 14.1. The van der Waals surface area contributed by atoms with Crippen LogP contribution >= 0.6 is 0 Å². The third kappa shape index (κ3) is 4.54. The predicted molar refractivity (Wildman–Crippen MR) is 133 cm³/mol. The van der Waals surface area contributed by atoms with Gasteiger partial charge in [-0.3, -0.25) is 9.59 Å². The Kier molecular flexibility index (Phi) is 6.43. The number of nitrogens with one attached hydrogen (secondary N) is 2. The Morgan fingerprint density at radius 3 is 2.35 bits per heavy atom. The molecule has 1 fully saturated rings. The van der Waals surface area contributed by atoms with Crippen molar-refractivity contribution in [2.24, 2.45) is 0 Å². The van der Waals surface area contributed by atoms with Crippen LogP contribution in [0.4, 0.5) is 16.2 Å². The second-order valence-electron chi connectivity index (χ2n) is 9.89. The van der Waals surface area contributed by atoms with Gasteiger partial charge in [0, 0.05) is 54.9 Å². The van der Waals surface area contributed by atoms with Gasteiger partial charge in [-0.1, -0.05) is 18.2 Å². The molecule has 2 aliphatic heterocycles. The van der Waals surface area contributed by atoms with Crippen LogP contribution in [0.1, 0.15) is 56.5 Å². The molecule has 4 rings (SSSR count). The zero-order chi connectivity index (χ0) is 24.5. The summed E-state index contributed by atoms with van der Waals surface area (Å²) in [6, 6.07) is 14.5. The van der Waals surface area contributed by atoms with Gasteiger partial charge < -0.3 is 15.4 Å². The lowest BCUT2D eigenvalue weighted by atomic mass is 9.98. The summed E-state index contributed by atoms with van der Waals surface area (Å²) in [6.45, 7) is 8.56. The number of anilines is 1. The number of Topliss-reactive ketones (excluding diaryl/α,β-unsaturated/α-hetero) is 1. The molecule has 34 heavy (non-hydrogen) atoms. The van der Waals surface area contributed by atoms with E-state index in [1.807, 2.05) is 51.1 Å². The van der Waals surface area contributed by atoms with Gasteiger partial charge in [0.25, 0.3) is 5.91 Å². The molecular weight excluding hydrogens is 430 g/mol. The smallest absolute Gasteiger partial charge is 0.414 e. The van der Waals surface area contributed by atoms with Crippen LogP contribution in [-0.4, -0.2) is 42.5 Å². The monoisotopic (exact) mass is 462 g/mol. The number of rotatable bonds is 4. The molecule has 1 atom stereocenters. The van der Waals surface area contributed by atoms with E-state index >= 15 is 0 Å². The first-order valence-electron chi connectivity index (χ1n) is 11.7. The number of ether oxygens (including phenoxy) is 1. The van der Waals surface area contributed by atoms with E-state index in [0.717, 1.165) is 31.6 Å². The van der Waals surface area contributed by atoms with E-state index in [-0.39, 0.29) is 22.2 Å². The van der Waals surface area contributed by atoms with Gasteiger partial charge in [-0.15, -0.1) is 0 Å². The largest absolute Gasteiger partial charge is 0.526 e. The number of para-hydroxylation sites is 1. The first-order chi connectivity index (χ1) is 16.1. The van der Waals surface area contributed by atoms with Crippen molar-refractivity contribution in [3.8, 4) is 0 Å². The van der Waals surface area contributed by atoms with Crippen LogP contribution in [0.5, 0.6) is 0 Å². The molecule has 0 spiro atoms. The van der Waals surface area contributed by atoms with E-state index in [4.69, 9.17) is 4.74 Å². The van der Waals surface area contributed by atoms with Gasteiger partial charge in [-0.25, -0.2) is 0 Å². The van der Waals surface area contributed by atoms with Gasteiger partial charge in [0.15, 0.2) is 5.78 Å². The van der Waals surface area contributed by atoms with Crippen LogP contribution in [-0.2, 0) is 9.53 Å². The Bertz CT molecular complexity index is 1140. The number of ketones is 1. The lowest BCUT2D eigenvalue weighted by Crippen LogP contribution is -2.61. The zero-order valence-corrected chi connectivity index (χ0v) is 20.2. The molecule has 2 aromatic rings. The number of hydrogen-bond donors (Lipinski definition) is 2. The lowest BCUT2D eigenvalue weighted by molar-refractivity contribution is -0.110. The Hall–Kier alpha value is -3.29. The number of quaternary nitrogens is 1. The first-order valence-corrected chi connectivity index (χ1v) is 11.7. The Morgan fingerprint density at radius 2 is 1.74 bits per heavy atom. The molecule has 0 radical (unpaired) electrons. The van der Waals surface area contributed by atoms with Gasteiger partial charge in [0.05, 0.1) is 0 Å². The Balaban J connectivity index is 1.97. The van der Waals surface area contributed by atoms with Gasteiger partial charge in [-0.2, -0.15) is 9.28 Å². The van der Waals surface area contributed by atoms with Crippen molar-refractivity contribution >= 4 is 34.7 Å². The summed E-state index contributed by atoms with van der Waals surface area (Å²) in [5.41, 5.74) is 2.15. The fraction of sp³-hybridized carbons (Fsp3) is 0.370. The summed E-state index contributed by atoms with van der Waals surface area (Å²) >= 11 is 0. The maximum Gasteiger partial charge on any atom is 0.526 e. The van der Waals surface area contributed by atoms with Gasteiger partial charge in [-0.05, 0) is 45.9 Å². The molecule has 2 heterocycles. The highest BCUT2D eigenvalue weighted by Gasteiger charge is 2.50. The van der Waals surface area contributed by atoms with Gasteiger partial charge in [0.1, 0.15) is 29.1 Å². The third-order valence-electron chi connectivity index (χ3n) is 6.31. The highest BCUT2D eigenvalue weighted by Crippen LogP contribution is 2.39. The lowest BCUT2D eigenvalue weighted by Gasteiger charge is -2.41. The summed E-state index contributed by atoms with van der Waals surface area (Å²) in [4.78, 5) is 39.3. The quantitative estimate of drug-likeness (QED) is 0.384. The normalized spacial score (nSPS) is 19.3. The fourth-order valence-corrected chi connectivity index (χ4v) is 4.66. The number of fused-ring (bicyclic) bond motifs is 1. The summed E-state index contributed by atoms with van der Waals surface area (Å²) in [6.07, 6.45) is 2.78. The van der Waals surface area contributed by atoms with Crippen molar-refractivity contribution in [1.82, 2.24) is 9.80 Å². The number of carbonyl (C=O) groups is 3. The summed E-state index contributed by atoms with van der Waals surface area (Å²) < 4.78 is 5.76.